The molecule has 1 heterocycles. The van der Waals surface area contributed by atoms with Gasteiger partial charge in [-0.05, 0) is 37.3 Å². The molecule has 0 aliphatic heterocycles. The number of hydrogen-bond donors (Lipinski definition) is 2. The van der Waals surface area contributed by atoms with Crippen molar-refractivity contribution in [3.8, 4) is 0 Å². The summed E-state index contributed by atoms with van der Waals surface area (Å²) in [5.74, 6) is 0. The van der Waals surface area contributed by atoms with Gasteiger partial charge in [0.1, 0.15) is 6.10 Å². The lowest BCUT2D eigenvalue weighted by atomic mass is 9.99. The van der Waals surface area contributed by atoms with Gasteiger partial charge in [-0.2, -0.15) is 0 Å². The Hall–Kier alpha value is -0.380. The van der Waals surface area contributed by atoms with Gasteiger partial charge in [-0.3, -0.25) is 0 Å². The molecule has 0 saturated carbocycles. The second-order valence-electron chi connectivity index (χ2n) is 3.56. The summed E-state index contributed by atoms with van der Waals surface area (Å²) >= 11 is 1.74. The monoisotopic (exact) mass is 197 g/mol. The number of aryl methyl sites for hydroxylation is 2. The Morgan fingerprint density at radius 1 is 1.46 bits per heavy atom. The van der Waals surface area contributed by atoms with Gasteiger partial charge in [-0.1, -0.05) is 0 Å². The van der Waals surface area contributed by atoms with E-state index in [0.29, 0.717) is 6.54 Å². The standard InChI is InChI=1S/C10H15NOS/c11-6-8(12)10-5-7-3-1-2-4-9(7)13-10/h5,8,12H,1-4,6,11H2/t8-/m1/s1. The lowest BCUT2D eigenvalue weighted by molar-refractivity contribution is 0.190. The van der Waals surface area contributed by atoms with E-state index in [4.69, 9.17) is 5.73 Å². The minimum atomic E-state index is -0.449. The summed E-state index contributed by atoms with van der Waals surface area (Å²) in [6.45, 7) is 0.333. The van der Waals surface area contributed by atoms with E-state index in [0.717, 1.165) is 4.88 Å². The Morgan fingerprint density at radius 2 is 2.23 bits per heavy atom. The number of aliphatic hydroxyl groups excluding tert-OH is 1. The first-order valence-electron chi connectivity index (χ1n) is 4.81. The molecule has 72 valence electrons. The van der Waals surface area contributed by atoms with Crippen LogP contribution in [0.3, 0.4) is 0 Å². The van der Waals surface area contributed by atoms with Crippen molar-refractivity contribution in [1.82, 2.24) is 0 Å². The fourth-order valence-corrected chi connectivity index (χ4v) is 3.05. The van der Waals surface area contributed by atoms with E-state index >= 15 is 0 Å². The van der Waals surface area contributed by atoms with Gasteiger partial charge >= 0.3 is 0 Å². The van der Waals surface area contributed by atoms with Gasteiger partial charge in [0.15, 0.2) is 0 Å². The highest BCUT2D eigenvalue weighted by Gasteiger charge is 2.16. The van der Waals surface area contributed by atoms with Crippen molar-refractivity contribution in [1.29, 1.82) is 0 Å². The van der Waals surface area contributed by atoms with Crippen LogP contribution in [0.25, 0.3) is 0 Å². The summed E-state index contributed by atoms with van der Waals surface area (Å²) in [6.07, 6.45) is 4.52. The normalized spacial score (nSPS) is 18.3. The van der Waals surface area contributed by atoms with E-state index in [1.807, 2.05) is 0 Å². The Morgan fingerprint density at radius 3 is 2.92 bits per heavy atom. The third kappa shape index (κ3) is 1.77. The van der Waals surface area contributed by atoms with Gasteiger partial charge in [0.2, 0.25) is 0 Å². The van der Waals surface area contributed by atoms with Crippen molar-refractivity contribution >= 4 is 11.3 Å². The molecule has 2 nitrogen and oxygen atoms in total. The summed E-state index contributed by atoms with van der Waals surface area (Å²) in [4.78, 5) is 2.52. The van der Waals surface area contributed by atoms with Crippen molar-refractivity contribution in [3.05, 3.63) is 21.4 Å². The van der Waals surface area contributed by atoms with E-state index in [1.165, 1.54) is 36.1 Å². The fourth-order valence-electron chi connectivity index (χ4n) is 1.79. The summed E-state index contributed by atoms with van der Waals surface area (Å²) in [5, 5.41) is 9.56. The quantitative estimate of drug-likeness (QED) is 0.756. The molecule has 1 atom stereocenters. The number of nitrogens with two attached hydrogens (primary N) is 1. The predicted octanol–water partition coefficient (Wildman–Crippen LogP) is 1.62. The molecule has 3 heteroatoms. The van der Waals surface area contributed by atoms with E-state index in [9.17, 15) is 5.11 Å². The maximum absolute atomic E-state index is 9.56. The topological polar surface area (TPSA) is 46.2 Å². The fraction of sp³-hybridized carbons (Fsp3) is 0.600. The van der Waals surface area contributed by atoms with Crippen molar-refractivity contribution < 1.29 is 5.11 Å². The van der Waals surface area contributed by atoms with Crippen LogP contribution in [0.5, 0.6) is 0 Å². The van der Waals surface area contributed by atoms with Gasteiger partial charge < -0.3 is 10.8 Å². The lowest BCUT2D eigenvalue weighted by Crippen LogP contribution is -2.09. The zero-order chi connectivity index (χ0) is 9.26. The first kappa shape index (κ1) is 9.19. The third-order valence-electron chi connectivity index (χ3n) is 2.57. The van der Waals surface area contributed by atoms with Crippen LogP contribution in [0.2, 0.25) is 0 Å². The average Bonchev–Trinajstić information content (AvgIpc) is 2.59. The van der Waals surface area contributed by atoms with Crippen molar-refractivity contribution in [2.24, 2.45) is 5.73 Å². The van der Waals surface area contributed by atoms with Crippen molar-refractivity contribution in [3.63, 3.8) is 0 Å². The molecule has 13 heavy (non-hydrogen) atoms. The largest absolute Gasteiger partial charge is 0.386 e. The van der Waals surface area contributed by atoms with Gasteiger partial charge in [-0.15, -0.1) is 11.3 Å². The molecule has 0 aromatic carbocycles. The molecule has 0 unspecified atom stereocenters. The average molecular weight is 197 g/mol. The minimum absolute atomic E-state index is 0.333. The second-order valence-corrected chi connectivity index (χ2v) is 4.72. The minimum Gasteiger partial charge on any atom is -0.386 e. The van der Waals surface area contributed by atoms with Crippen molar-refractivity contribution in [2.45, 2.75) is 31.8 Å². The molecule has 0 radical (unpaired) electrons. The van der Waals surface area contributed by atoms with E-state index in [1.54, 1.807) is 11.3 Å². The summed E-state index contributed by atoms with van der Waals surface area (Å²) in [5.41, 5.74) is 6.86. The second kappa shape index (κ2) is 3.78. The van der Waals surface area contributed by atoms with Crippen molar-refractivity contribution in [2.75, 3.05) is 6.54 Å². The highest BCUT2D eigenvalue weighted by atomic mass is 32.1. The first-order valence-corrected chi connectivity index (χ1v) is 5.62. The van der Waals surface area contributed by atoms with E-state index in [-0.39, 0.29) is 0 Å². The molecule has 0 spiro atoms. The number of aliphatic hydroxyl groups is 1. The third-order valence-corrected chi connectivity index (χ3v) is 3.91. The molecule has 1 aromatic heterocycles. The molecule has 1 aliphatic rings. The molecule has 1 aromatic rings. The maximum Gasteiger partial charge on any atom is 0.100 e. The molecule has 2 rings (SSSR count). The Balaban J connectivity index is 2.25. The van der Waals surface area contributed by atoms with Gasteiger partial charge in [0.25, 0.3) is 0 Å². The van der Waals surface area contributed by atoms with Crippen LogP contribution in [0.15, 0.2) is 6.07 Å². The summed E-state index contributed by atoms with van der Waals surface area (Å²) in [6, 6.07) is 2.14. The summed E-state index contributed by atoms with van der Waals surface area (Å²) < 4.78 is 0. The predicted molar refractivity (Wildman–Crippen MR) is 55.0 cm³/mol. The van der Waals surface area contributed by atoms with Crippen LogP contribution in [-0.2, 0) is 12.8 Å². The number of hydrogen-bond acceptors (Lipinski definition) is 3. The highest BCUT2D eigenvalue weighted by Crippen LogP contribution is 2.32. The number of rotatable bonds is 2. The van der Waals surface area contributed by atoms with Crippen LogP contribution in [-0.4, -0.2) is 11.7 Å². The Kier molecular flexibility index (Phi) is 2.67. The van der Waals surface area contributed by atoms with E-state index in [2.05, 4.69) is 6.07 Å². The van der Waals surface area contributed by atoms with Crippen LogP contribution in [0.1, 0.15) is 34.3 Å². The summed E-state index contributed by atoms with van der Waals surface area (Å²) in [7, 11) is 0. The van der Waals surface area contributed by atoms with Gasteiger partial charge in [0, 0.05) is 16.3 Å². The smallest absolute Gasteiger partial charge is 0.100 e. The molecule has 0 bridgehead atoms. The van der Waals surface area contributed by atoms with Crippen LogP contribution >= 0.6 is 11.3 Å². The van der Waals surface area contributed by atoms with Crippen LogP contribution < -0.4 is 5.73 Å². The molecular formula is C10H15NOS. The molecule has 1 aliphatic carbocycles. The van der Waals surface area contributed by atoms with Gasteiger partial charge in [-0.25, -0.2) is 0 Å². The zero-order valence-electron chi connectivity index (χ0n) is 7.62. The number of thiophene rings is 1. The van der Waals surface area contributed by atoms with Crippen LogP contribution in [0.4, 0.5) is 0 Å². The lowest BCUT2D eigenvalue weighted by Gasteiger charge is -2.08. The number of fused-ring (bicyclic) bond motifs is 1. The molecule has 3 N–H and O–H groups in total. The van der Waals surface area contributed by atoms with E-state index < -0.39 is 6.10 Å². The Bertz CT molecular complexity index is 272. The molecule has 0 saturated heterocycles. The molecule has 0 fully saturated rings. The van der Waals surface area contributed by atoms with Crippen LogP contribution in [0, 0.1) is 0 Å². The Labute approximate surface area is 82.4 Å². The first-order chi connectivity index (χ1) is 6.31. The zero-order valence-corrected chi connectivity index (χ0v) is 8.44. The maximum atomic E-state index is 9.56. The molecular weight excluding hydrogens is 182 g/mol. The highest BCUT2D eigenvalue weighted by molar-refractivity contribution is 7.12. The van der Waals surface area contributed by atoms with Gasteiger partial charge in [0.05, 0.1) is 0 Å². The SMILES string of the molecule is NC[C@@H](O)c1cc2c(s1)CCCC2. The molecule has 0 amide bonds.